The lowest BCUT2D eigenvalue weighted by Crippen LogP contribution is -2.38. The maximum atomic E-state index is 11.2. The maximum absolute atomic E-state index is 11.2. The predicted octanol–water partition coefficient (Wildman–Crippen LogP) is 0.609. The van der Waals surface area contributed by atoms with Crippen molar-refractivity contribution in [2.24, 2.45) is 0 Å². The van der Waals surface area contributed by atoms with E-state index >= 15 is 0 Å². The normalized spacial score (nSPS) is 16.5. The monoisotopic (exact) mass is 326 g/mol. The van der Waals surface area contributed by atoms with Gasteiger partial charge in [0, 0.05) is 37.6 Å². The van der Waals surface area contributed by atoms with Crippen molar-refractivity contribution in [1.29, 1.82) is 0 Å². The topological polar surface area (TPSA) is 87.6 Å². The van der Waals surface area contributed by atoms with E-state index < -0.39 is 12.0 Å². The fourth-order valence-electron chi connectivity index (χ4n) is 2.16. The summed E-state index contributed by atoms with van der Waals surface area (Å²) in [6.45, 7) is 3.44. The molecule has 0 bridgehead atoms. The summed E-state index contributed by atoms with van der Waals surface area (Å²) in [6, 6.07) is -0.536. The van der Waals surface area contributed by atoms with Gasteiger partial charge in [-0.1, -0.05) is 0 Å². The third kappa shape index (κ3) is 5.11. The van der Waals surface area contributed by atoms with E-state index in [1.54, 1.807) is 24.2 Å². The summed E-state index contributed by atoms with van der Waals surface area (Å²) in [7, 11) is 0. The quantitative estimate of drug-likeness (QED) is 0.718. The van der Waals surface area contributed by atoms with Gasteiger partial charge in [0.25, 0.3) is 0 Å². The number of aromatic nitrogens is 2. The Morgan fingerprint density at radius 3 is 2.73 bits per heavy atom. The number of hydrogen-bond donors (Lipinski definition) is 2. The lowest BCUT2D eigenvalue weighted by Gasteiger charge is -2.26. The molecule has 0 saturated carbocycles. The van der Waals surface area contributed by atoms with Crippen LogP contribution in [0.25, 0.3) is 0 Å². The van der Waals surface area contributed by atoms with E-state index in [4.69, 9.17) is 4.74 Å². The molecule has 2 heterocycles. The van der Waals surface area contributed by atoms with Gasteiger partial charge in [-0.05, 0) is 18.4 Å². The number of nitrogens with zero attached hydrogens (tertiary/aromatic N) is 3. The number of anilines is 1. The standard InChI is InChI=1S/C14H22N4O3S/c1-22-7-2-12(13(19)20)15-8-11-9-16-14(17-10-11)18-3-5-21-6-4-18/h9-10,12,15H,2-8H2,1H3,(H,19,20)/t12-/m0/s1. The van der Waals surface area contributed by atoms with E-state index in [-0.39, 0.29) is 0 Å². The predicted molar refractivity (Wildman–Crippen MR) is 86.3 cm³/mol. The van der Waals surface area contributed by atoms with Gasteiger partial charge >= 0.3 is 5.97 Å². The van der Waals surface area contributed by atoms with E-state index in [1.807, 2.05) is 6.26 Å². The first-order valence-electron chi connectivity index (χ1n) is 7.29. The van der Waals surface area contributed by atoms with Crippen LogP contribution in [0.1, 0.15) is 12.0 Å². The molecule has 1 aromatic rings. The van der Waals surface area contributed by atoms with Crippen LogP contribution in [0.5, 0.6) is 0 Å². The molecule has 7 nitrogen and oxygen atoms in total. The largest absolute Gasteiger partial charge is 0.480 e. The number of ether oxygens (including phenoxy) is 1. The molecule has 0 radical (unpaired) electrons. The summed E-state index contributed by atoms with van der Waals surface area (Å²) in [5.74, 6) is 0.695. The van der Waals surface area contributed by atoms with Gasteiger partial charge in [-0.2, -0.15) is 11.8 Å². The molecule has 1 aromatic heterocycles. The van der Waals surface area contributed by atoms with Crippen LogP contribution in [0.3, 0.4) is 0 Å². The second-order valence-electron chi connectivity index (χ2n) is 5.04. The average Bonchev–Trinajstić information content (AvgIpc) is 2.56. The number of hydrogen-bond acceptors (Lipinski definition) is 7. The van der Waals surface area contributed by atoms with E-state index in [2.05, 4.69) is 20.2 Å². The van der Waals surface area contributed by atoms with Crippen LogP contribution >= 0.6 is 11.8 Å². The van der Waals surface area contributed by atoms with Gasteiger partial charge in [0.05, 0.1) is 13.2 Å². The Morgan fingerprint density at radius 1 is 1.45 bits per heavy atom. The average molecular weight is 326 g/mol. The second kappa shape index (κ2) is 8.92. The van der Waals surface area contributed by atoms with Crippen LogP contribution in [-0.4, -0.2) is 65.4 Å². The number of thioether (sulfide) groups is 1. The van der Waals surface area contributed by atoms with Gasteiger partial charge in [0.1, 0.15) is 6.04 Å². The smallest absolute Gasteiger partial charge is 0.320 e. The molecule has 1 saturated heterocycles. The molecular formula is C14H22N4O3S. The van der Waals surface area contributed by atoms with Gasteiger partial charge in [-0.15, -0.1) is 0 Å². The Labute approximate surface area is 134 Å². The minimum atomic E-state index is -0.820. The molecule has 0 aromatic carbocycles. The number of rotatable bonds is 8. The third-order valence-electron chi connectivity index (χ3n) is 3.45. The Bertz CT molecular complexity index is 466. The van der Waals surface area contributed by atoms with Crippen molar-refractivity contribution in [3.8, 4) is 0 Å². The summed E-state index contributed by atoms with van der Waals surface area (Å²) in [4.78, 5) is 22.0. The van der Waals surface area contributed by atoms with Crippen molar-refractivity contribution in [2.75, 3.05) is 43.2 Å². The van der Waals surface area contributed by atoms with E-state index in [9.17, 15) is 9.90 Å². The van der Waals surface area contributed by atoms with E-state index in [1.165, 1.54) is 0 Å². The number of carbonyl (C=O) groups is 1. The third-order valence-corrected chi connectivity index (χ3v) is 4.09. The van der Waals surface area contributed by atoms with Crippen LogP contribution in [0.4, 0.5) is 5.95 Å². The highest BCUT2D eigenvalue weighted by molar-refractivity contribution is 7.98. The number of aliphatic carboxylic acids is 1. The zero-order valence-corrected chi connectivity index (χ0v) is 13.5. The van der Waals surface area contributed by atoms with Crippen molar-refractivity contribution in [3.63, 3.8) is 0 Å². The highest BCUT2D eigenvalue weighted by Crippen LogP contribution is 2.09. The SMILES string of the molecule is CSCC[C@H](NCc1cnc(N2CCOCC2)nc1)C(=O)O. The van der Waals surface area contributed by atoms with Gasteiger partial charge in [-0.25, -0.2) is 9.97 Å². The van der Waals surface area contributed by atoms with Gasteiger partial charge in [-0.3, -0.25) is 4.79 Å². The summed E-state index contributed by atoms with van der Waals surface area (Å²) in [6.07, 6.45) is 6.07. The molecule has 2 rings (SSSR count). The summed E-state index contributed by atoms with van der Waals surface area (Å²) in [5.41, 5.74) is 0.882. The Morgan fingerprint density at radius 2 is 2.14 bits per heavy atom. The molecule has 8 heteroatoms. The highest BCUT2D eigenvalue weighted by atomic mass is 32.2. The molecule has 0 spiro atoms. The zero-order valence-electron chi connectivity index (χ0n) is 12.7. The first-order chi connectivity index (χ1) is 10.7. The summed E-state index contributed by atoms with van der Waals surface area (Å²) in [5, 5.41) is 12.2. The fourth-order valence-corrected chi connectivity index (χ4v) is 2.63. The molecule has 0 unspecified atom stereocenters. The lowest BCUT2D eigenvalue weighted by atomic mass is 10.2. The molecule has 0 aliphatic carbocycles. The summed E-state index contributed by atoms with van der Waals surface area (Å²) >= 11 is 1.64. The Hall–Kier alpha value is -1.38. The molecular weight excluding hydrogens is 304 g/mol. The molecule has 2 N–H and O–H groups in total. The molecule has 1 fully saturated rings. The highest BCUT2D eigenvalue weighted by Gasteiger charge is 2.17. The second-order valence-corrected chi connectivity index (χ2v) is 6.03. The Balaban J connectivity index is 1.86. The van der Waals surface area contributed by atoms with Crippen LogP contribution in [0.15, 0.2) is 12.4 Å². The molecule has 0 amide bonds. The minimum absolute atomic E-state index is 0.453. The van der Waals surface area contributed by atoms with Crippen LogP contribution < -0.4 is 10.2 Å². The molecule has 1 aliphatic rings. The minimum Gasteiger partial charge on any atom is -0.480 e. The first kappa shape index (κ1) is 17.0. The van der Waals surface area contributed by atoms with Gasteiger partial charge in [0.2, 0.25) is 5.95 Å². The van der Waals surface area contributed by atoms with Crippen molar-refractivity contribution in [3.05, 3.63) is 18.0 Å². The Kier molecular flexibility index (Phi) is 6.88. The summed E-state index contributed by atoms with van der Waals surface area (Å²) < 4.78 is 5.30. The molecule has 1 aliphatic heterocycles. The zero-order chi connectivity index (χ0) is 15.8. The van der Waals surface area contributed by atoms with Crippen molar-refractivity contribution in [1.82, 2.24) is 15.3 Å². The van der Waals surface area contributed by atoms with E-state index in [0.29, 0.717) is 32.1 Å². The van der Waals surface area contributed by atoms with Crippen molar-refractivity contribution >= 4 is 23.7 Å². The lowest BCUT2D eigenvalue weighted by molar-refractivity contribution is -0.139. The molecule has 122 valence electrons. The molecule has 22 heavy (non-hydrogen) atoms. The van der Waals surface area contributed by atoms with Crippen LogP contribution in [-0.2, 0) is 16.1 Å². The first-order valence-corrected chi connectivity index (χ1v) is 8.69. The fraction of sp³-hybridized carbons (Fsp3) is 0.643. The number of morpholine rings is 1. The van der Waals surface area contributed by atoms with Gasteiger partial charge < -0.3 is 20.1 Å². The van der Waals surface area contributed by atoms with Gasteiger partial charge in [0.15, 0.2) is 0 Å². The number of carboxylic acid groups (broad SMARTS) is 1. The maximum Gasteiger partial charge on any atom is 0.320 e. The van der Waals surface area contributed by atoms with Crippen LogP contribution in [0, 0.1) is 0 Å². The van der Waals surface area contributed by atoms with Crippen molar-refractivity contribution < 1.29 is 14.6 Å². The van der Waals surface area contributed by atoms with Crippen LogP contribution in [0.2, 0.25) is 0 Å². The van der Waals surface area contributed by atoms with E-state index in [0.717, 1.165) is 24.4 Å². The number of nitrogens with one attached hydrogen (secondary N) is 1. The molecule has 1 atom stereocenters. The van der Waals surface area contributed by atoms with Crippen molar-refractivity contribution in [2.45, 2.75) is 19.0 Å². The number of carboxylic acids is 1.